The average molecular weight is 651 g/mol. The minimum Gasteiger partial charge on any atom is -0.455 e. The van der Waals surface area contributed by atoms with Gasteiger partial charge in [0.05, 0.1) is 27.8 Å². The Morgan fingerprint density at radius 2 is 0.922 bits per heavy atom. The van der Waals surface area contributed by atoms with Crippen LogP contribution < -0.4 is 0 Å². The van der Waals surface area contributed by atoms with Crippen LogP contribution in [0.2, 0.25) is 0 Å². The van der Waals surface area contributed by atoms with E-state index in [-0.39, 0.29) is 0 Å². The second-order valence-electron chi connectivity index (χ2n) is 13.3. The van der Waals surface area contributed by atoms with Gasteiger partial charge < -0.3 is 13.6 Å². The zero-order valence-electron chi connectivity index (χ0n) is 27.6. The summed E-state index contributed by atoms with van der Waals surface area (Å²) in [5, 5.41) is 7.23. The van der Waals surface area contributed by atoms with Crippen LogP contribution in [0.4, 0.5) is 0 Å². The van der Waals surface area contributed by atoms with Crippen LogP contribution in [0, 0.1) is 0 Å². The molecule has 3 heterocycles. The van der Waals surface area contributed by atoms with Crippen molar-refractivity contribution >= 4 is 65.6 Å². The average Bonchev–Trinajstić information content (AvgIpc) is 3.85. The van der Waals surface area contributed by atoms with E-state index < -0.39 is 0 Å². The molecular weight excluding hydrogens is 621 g/mol. The van der Waals surface area contributed by atoms with Gasteiger partial charge in [-0.25, -0.2) is 0 Å². The Morgan fingerprint density at radius 3 is 1.78 bits per heavy atom. The summed E-state index contributed by atoms with van der Waals surface area (Å²) >= 11 is 0. The lowest BCUT2D eigenvalue weighted by Gasteiger charge is -2.15. The predicted molar refractivity (Wildman–Crippen MR) is 213 cm³/mol. The predicted octanol–water partition coefficient (Wildman–Crippen LogP) is 13.1. The molecular formula is C48H30N2O. The van der Waals surface area contributed by atoms with Gasteiger partial charge in [-0.1, -0.05) is 127 Å². The van der Waals surface area contributed by atoms with Gasteiger partial charge in [-0.15, -0.1) is 0 Å². The fourth-order valence-corrected chi connectivity index (χ4v) is 8.27. The Kier molecular flexibility index (Phi) is 5.96. The first-order valence-electron chi connectivity index (χ1n) is 17.4. The molecule has 0 fully saturated rings. The van der Waals surface area contributed by atoms with Crippen LogP contribution in [0.1, 0.15) is 0 Å². The Bertz CT molecular complexity index is 3140. The SMILES string of the molecule is c1ccc(-n2c3ccccc3c3cc(-c4ccc5c6ccccc6n(-c6ccccc6-c6cccc7c6oc6ccccc67)c5c4)ccc32)cc1. The van der Waals surface area contributed by atoms with Gasteiger partial charge in [0.2, 0.25) is 0 Å². The van der Waals surface area contributed by atoms with Crippen molar-refractivity contribution in [1.82, 2.24) is 9.13 Å². The quantitative estimate of drug-likeness (QED) is 0.186. The molecule has 0 aliphatic rings. The molecule has 0 saturated carbocycles. The van der Waals surface area contributed by atoms with Gasteiger partial charge in [0.25, 0.3) is 0 Å². The number of para-hydroxylation sites is 6. The number of furan rings is 1. The van der Waals surface area contributed by atoms with Crippen LogP contribution in [0.5, 0.6) is 0 Å². The van der Waals surface area contributed by atoms with Crippen LogP contribution in [-0.2, 0) is 0 Å². The summed E-state index contributed by atoms with van der Waals surface area (Å²) in [6.07, 6.45) is 0. The van der Waals surface area contributed by atoms with Gasteiger partial charge in [-0.2, -0.15) is 0 Å². The fourth-order valence-electron chi connectivity index (χ4n) is 8.27. The lowest BCUT2D eigenvalue weighted by atomic mass is 10.00. The molecule has 11 rings (SSSR count). The second-order valence-corrected chi connectivity index (χ2v) is 13.3. The molecule has 0 N–H and O–H groups in total. The molecule has 0 bridgehead atoms. The third kappa shape index (κ3) is 4.12. The molecule has 0 amide bonds. The molecule has 11 aromatic rings. The summed E-state index contributed by atoms with van der Waals surface area (Å²) in [6.45, 7) is 0. The summed E-state index contributed by atoms with van der Waals surface area (Å²) in [7, 11) is 0. The molecule has 0 radical (unpaired) electrons. The maximum absolute atomic E-state index is 6.55. The Labute approximate surface area is 293 Å². The van der Waals surface area contributed by atoms with Gasteiger partial charge in [-0.05, 0) is 65.7 Å². The minimum atomic E-state index is 0.905. The van der Waals surface area contributed by atoms with E-state index >= 15 is 0 Å². The molecule has 3 aromatic heterocycles. The van der Waals surface area contributed by atoms with E-state index in [1.165, 1.54) is 60.4 Å². The molecule has 0 atom stereocenters. The standard InChI is InChI=1S/C48H30N2O/c1-2-13-33(14-3-1)49-42-21-8-6-17-36(42)41-29-31(26-28-45(41)49)32-25-27-37-34-15-4-9-22-43(34)50(46(37)30-32)44-23-10-5-16-35(44)39-19-12-20-40-38-18-7-11-24-47(38)51-48(39)40/h1-30H. The lowest BCUT2D eigenvalue weighted by Crippen LogP contribution is -1.97. The minimum absolute atomic E-state index is 0.905. The number of aromatic nitrogens is 2. The smallest absolute Gasteiger partial charge is 0.143 e. The molecule has 0 saturated heterocycles. The Morgan fingerprint density at radius 1 is 0.333 bits per heavy atom. The van der Waals surface area contributed by atoms with E-state index in [4.69, 9.17) is 4.42 Å². The maximum Gasteiger partial charge on any atom is 0.143 e. The van der Waals surface area contributed by atoms with E-state index in [2.05, 4.69) is 185 Å². The number of nitrogens with zero attached hydrogens (tertiary/aromatic N) is 2. The zero-order valence-corrected chi connectivity index (χ0v) is 27.6. The van der Waals surface area contributed by atoms with Crippen molar-refractivity contribution in [3.05, 3.63) is 182 Å². The normalized spacial score (nSPS) is 11.9. The van der Waals surface area contributed by atoms with E-state index in [0.717, 1.165) is 38.8 Å². The van der Waals surface area contributed by atoms with Crippen LogP contribution in [-0.4, -0.2) is 9.13 Å². The summed E-state index contributed by atoms with van der Waals surface area (Å²) in [6, 6.07) is 65.5. The van der Waals surface area contributed by atoms with Gasteiger partial charge >= 0.3 is 0 Å². The van der Waals surface area contributed by atoms with Crippen molar-refractivity contribution in [1.29, 1.82) is 0 Å². The third-order valence-electron chi connectivity index (χ3n) is 10.5. The van der Waals surface area contributed by atoms with Crippen molar-refractivity contribution in [3.8, 4) is 33.6 Å². The van der Waals surface area contributed by atoms with Gasteiger partial charge in [0.15, 0.2) is 0 Å². The third-order valence-corrected chi connectivity index (χ3v) is 10.5. The van der Waals surface area contributed by atoms with E-state index in [0.29, 0.717) is 0 Å². The molecule has 3 nitrogen and oxygen atoms in total. The Hall–Kier alpha value is -6.84. The summed E-state index contributed by atoms with van der Waals surface area (Å²) < 4.78 is 11.4. The molecule has 0 spiro atoms. The number of benzene rings is 8. The molecule has 3 heteroatoms. The highest BCUT2D eigenvalue weighted by Crippen LogP contribution is 2.42. The van der Waals surface area contributed by atoms with E-state index in [1.54, 1.807) is 0 Å². The number of hydrogen-bond acceptors (Lipinski definition) is 1. The van der Waals surface area contributed by atoms with Crippen LogP contribution in [0.25, 0.3) is 99.2 Å². The molecule has 0 unspecified atom stereocenters. The van der Waals surface area contributed by atoms with E-state index in [9.17, 15) is 0 Å². The zero-order chi connectivity index (χ0) is 33.5. The summed E-state index contributed by atoms with van der Waals surface area (Å²) in [5.74, 6) is 0. The number of rotatable bonds is 4. The first-order chi connectivity index (χ1) is 25.3. The van der Waals surface area contributed by atoms with Gasteiger partial charge in [-0.3, -0.25) is 0 Å². The van der Waals surface area contributed by atoms with Crippen molar-refractivity contribution in [3.63, 3.8) is 0 Å². The number of fused-ring (bicyclic) bond motifs is 9. The molecule has 0 aliphatic heterocycles. The topological polar surface area (TPSA) is 23.0 Å². The molecule has 51 heavy (non-hydrogen) atoms. The molecule has 0 aliphatic carbocycles. The van der Waals surface area contributed by atoms with Crippen molar-refractivity contribution in [2.45, 2.75) is 0 Å². The highest BCUT2D eigenvalue weighted by atomic mass is 16.3. The van der Waals surface area contributed by atoms with Crippen LogP contribution >= 0.6 is 0 Å². The number of hydrogen-bond donors (Lipinski definition) is 0. The van der Waals surface area contributed by atoms with Crippen molar-refractivity contribution < 1.29 is 4.42 Å². The van der Waals surface area contributed by atoms with Crippen LogP contribution in [0.3, 0.4) is 0 Å². The van der Waals surface area contributed by atoms with Crippen LogP contribution in [0.15, 0.2) is 186 Å². The van der Waals surface area contributed by atoms with E-state index in [1.807, 2.05) is 6.07 Å². The van der Waals surface area contributed by atoms with Gasteiger partial charge in [0, 0.05) is 49.1 Å². The van der Waals surface area contributed by atoms with Crippen molar-refractivity contribution in [2.75, 3.05) is 0 Å². The highest BCUT2D eigenvalue weighted by Gasteiger charge is 2.20. The fraction of sp³-hybridized carbons (Fsp3) is 0. The van der Waals surface area contributed by atoms with Crippen molar-refractivity contribution in [2.24, 2.45) is 0 Å². The molecule has 8 aromatic carbocycles. The first-order valence-corrected chi connectivity index (χ1v) is 17.4. The Balaban J connectivity index is 1.14. The maximum atomic E-state index is 6.55. The lowest BCUT2D eigenvalue weighted by molar-refractivity contribution is 0.670. The monoisotopic (exact) mass is 650 g/mol. The second kappa shape index (κ2) is 10.8. The summed E-state index contributed by atoms with van der Waals surface area (Å²) in [5.41, 5.74) is 13.5. The largest absolute Gasteiger partial charge is 0.455 e. The summed E-state index contributed by atoms with van der Waals surface area (Å²) in [4.78, 5) is 0. The first kappa shape index (κ1) is 28.0. The molecule has 238 valence electrons. The van der Waals surface area contributed by atoms with Gasteiger partial charge in [0.1, 0.15) is 11.2 Å². The highest BCUT2D eigenvalue weighted by molar-refractivity contribution is 6.14.